The lowest BCUT2D eigenvalue weighted by molar-refractivity contribution is 0.0595. The SMILES string of the molecule is CCN1CCCCC1C1CCN(CCO)CC1. The quantitative estimate of drug-likeness (QED) is 0.808. The first kappa shape index (κ1) is 13.3. The van der Waals surface area contributed by atoms with Gasteiger partial charge in [-0.2, -0.15) is 0 Å². The molecule has 3 nitrogen and oxygen atoms in total. The maximum Gasteiger partial charge on any atom is 0.0558 e. The molecular weight excluding hydrogens is 212 g/mol. The Labute approximate surface area is 106 Å². The van der Waals surface area contributed by atoms with Crippen LogP contribution >= 0.6 is 0 Å². The summed E-state index contributed by atoms with van der Waals surface area (Å²) in [5, 5.41) is 8.96. The molecule has 3 heteroatoms. The van der Waals surface area contributed by atoms with Gasteiger partial charge in [-0.05, 0) is 57.8 Å². The molecule has 1 unspecified atom stereocenters. The van der Waals surface area contributed by atoms with Crippen LogP contribution in [0.5, 0.6) is 0 Å². The maximum absolute atomic E-state index is 8.96. The van der Waals surface area contributed by atoms with Gasteiger partial charge in [-0.1, -0.05) is 13.3 Å². The molecule has 0 amide bonds. The van der Waals surface area contributed by atoms with Crippen LogP contribution in [0.2, 0.25) is 0 Å². The van der Waals surface area contributed by atoms with Gasteiger partial charge in [0.05, 0.1) is 6.61 Å². The van der Waals surface area contributed by atoms with E-state index in [0.717, 1.165) is 18.5 Å². The van der Waals surface area contributed by atoms with Gasteiger partial charge >= 0.3 is 0 Å². The third-order valence-corrected chi connectivity index (χ3v) is 4.66. The fourth-order valence-corrected chi connectivity index (χ4v) is 3.65. The van der Waals surface area contributed by atoms with Crippen LogP contribution in [0.1, 0.15) is 39.0 Å². The van der Waals surface area contributed by atoms with Crippen molar-refractivity contribution in [3.8, 4) is 0 Å². The summed E-state index contributed by atoms with van der Waals surface area (Å²) in [7, 11) is 0. The fraction of sp³-hybridized carbons (Fsp3) is 1.00. The van der Waals surface area contributed by atoms with E-state index in [1.165, 1.54) is 58.3 Å². The highest BCUT2D eigenvalue weighted by atomic mass is 16.3. The lowest BCUT2D eigenvalue weighted by Gasteiger charge is -2.43. The number of piperidine rings is 2. The molecule has 100 valence electrons. The van der Waals surface area contributed by atoms with Crippen LogP contribution in [-0.4, -0.2) is 60.3 Å². The predicted octanol–water partition coefficient (Wildman–Crippen LogP) is 1.57. The summed E-state index contributed by atoms with van der Waals surface area (Å²) < 4.78 is 0. The molecule has 2 rings (SSSR count). The van der Waals surface area contributed by atoms with Gasteiger partial charge in [-0.3, -0.25) is 0 Å². The Kier molecular flexibility index (Phi) is 5.26. The molecule has 0 aromatic rings. The summed E-state index contributed by atoms with van der Waals surface area (Å²) in [6.45, 7) is 8.42. The van der Waals surface area contributed by atoms with E-state index in [4.69, 9.17) is 5.11 Å². The van der Waals surface area contributed by atoms with Crippen LogP contribution in [0, 0.1) is 5.92 Å². The molecular formula is C14H28N2O. The van der Waals surface area contributed by atoms with Gasteiger partial charge in [-0.15, -0.1) is 0 Å². The van der Waals surface area contributed by atoms with Crippen molar-refractivity contribution in [3.63, 3.8) is 0 Å². The van der Waals surface area contributed by atoms with Gasteiger partial charge in [0.15, 0.2) is 0 Å². The van der Waals surface area contributed by atoms with E-state index in [0.29, 0.717) is 6.61 Å². The molecule has 1 atom stereocenters. The van der Waals surface area contributed by atoms with Crippen LogP contribution < -0.4 is 0 Å². The van der Waals surface area contributed by atoms with E-state index in [1.54, 1.807) is 0 Å². The van der Waals surface area contributed by atoms with E-state index in [2.05, 4.69) is 16.7 Å². The Hall–Kier alpha value is -0.120. The Balaban J connectivity index is 1.82. The third-order valence-electron chi connectivity index (χ3n) is 4.66. The minimum Gasteiger partial charge on any atom is -0.395 e. The average Bonchev–Trinajstić information content (AvgIpc) is 2.40. The van der Waals surface area contributed by atoms with Crippen molar-refractivity contribution in [3.05, 3.63) is 0 Å². The summed E-state index contributed by atoms with van der Waals surface area (Å²) >= 11 is 0. The van der Waals surface area contributed by atoms with Crippen LogP contribution in [0.4, 0.5) is 0 Å². The lowest BCUT2D eigenvalue weighted by Crippen LogP contribution is -2.48. The number of hydrogen-bond acceptors (Lipinski definition) is 3. The van der Waals surface area contributed by atoms with Crippen molar-refractivity contribution in [2.75, 3.05) is 39.3 Å². The monoisotopic (exact) mass is 240 g/mol. The van der Waals surface area contributed by atoms with Crippen molar-refractivity contribution in [1.82, 2.24) is 9.80 Å². The highest BCUT2D eigenvalue weighted by molar-refractivity contribution is 4.86. The minimum atomic E-state index is 0.315. The Morgan fingerprint density at radius 3 is 2.47 bits per heavy atom. The predicted molar refractivity (Wildman–Crippen MR) is 71.1 cm³/mol. The number of aliphatic hydroxyl groups is 1. The molecule has 2 fully saturated rings. The molecule has 1 N–H and O–H groups in total. The Bertz CT molecular complexity index is 214. The molecule has 17 heavy (non-hydrogen) atoms. The number of hydrogen-bond donors (Lipinski definition) is 1. The highest BCUT2D eigenvalue weighted by Gasteiger charge is 2.31. The topological polar surface area (TPSA) is 26.7 Å². The molecule has 0 spiro atoms. The molecule has 0 aliphatic carbocycles. The van der Waals surface area contributed by atoms with Gasteiger partial charge in [0.2, 0.25) is 0 Å². The van der Waals surface area contributed by atoms with Crippen molar-refractivity contribution in [2.24, 2.45) is 5.92 Å². The van der Waals surface area contributed by atoms with Crippen LogP contribution in [-0.2, 0) is 0 Å². The number of rotatable bonds is 4. The molecule has 2 aliphatic heterocycles. The number of aliphatic hydroxyl groups excluding tert-OH is 1. The van der Waals surface area contributed by atoms with E-state index < -0.39 is 0 Å². The summed E-state index contributed by atoms with van der Waals surface area (Å²) in [6.07, 6.45) is 6.91. The maximum atomic E-state index is 8.96. The molecule has 0 aromatic carbocycles. The fourth-order valence-electron chi connectivity index (χ4n) is 3.65. The first-order valence-corrected chi connectivity index (χ1v) is 7.42. The molecule has 0 aromatic heterocycles. The van der Waals surface area contributed by atoms with Gasteiger partial charge < -0.3 is 14.9 Å². The zero-order valence-electron chi connectivity index (χ0n) is 11.3. The molecule has 2 heterocycles. The van der Waals surface area contributed by atoms with Gasteiger partial charge in [-0.25, -0.2) is 0 Å². The van der Waals surface area contributed by atoms with Gasteiger partial charge in [0.25, 0.3) is 0 Å². The molecule has 0 saturated carbocycles. The van der Waals surface area contributed by atoms with Crippen molar-refractivity contribution in [2.45, 2.75) is 45.1 Å². The lowest BCUT2D eigenvalue weighted by atomic mass is 9.83. The van der Waals surface area contributed by atoms with E-state index in [9.17, 15) is 0 Å². The average molecular weight is 240 g/mol. The highest BCUT2D eigenvalue weighted by Crippen LogP contribution is 2.30. The Morgan fingerprint density at radius 1 is 1.06 bits per heavy atom. The Morgan fingerprint density at radius 2 is 1.82 bits per heavy atom. The second kappa shape index (κ2) is 6.72. The molecule has 2 saturated heterocycles. The van der Waals surface area contributed by atoms with Crippen LogP contribution in [0.15, 0.2) is 0 Å². The minimum absolute atomic E-state index is 0.315. The standard InChI is InChI=1S/C14H28N2O/c1-2-16-8-4-3-5-14(16)13-6-9-15(10-7-13)11-12-17/h13-14,17H,2-12H2,1H3. The number of β-amino-alcohol motifs (C(OH)–C–C–N with tert-alkyl or cyclic N) is 1. The normalized spacial score (nSPS) is 29.6. The smallest absolute Gasteiger partial charge is 0.0558 e. The van der Waals surface area contributed by atoms with Gasteiger partial charge in [0, 0.05) is 12.6 Å². The zero-order chi connectivity index (χ0) is 12.1. The van der Waals surface area contributed by atoms with Crippen LogP contribution in [0.3, 0.4) is 0 Å². The van der Waals surface area contributed by atoms with Crippen LogP contribution in [0.25, 0.3) is 0 Å². The number of likely N-dealkylation sites (tertiary alicyclic amines) is 2. The second-order valence-electron chi connectivity index (χ2n) is 5.59. The first-order valence-electron chi connectivity index (χ1n) is 7.42. The van der Waals surface area contributed by atoms with Crippen molar-refractivity contribution >= 4 is 0 Å². The van der Waals surface area contributed by atoms with Gasteiger partial charge in [0.1, 0.15) is 0 Å². The van der Waals surface area contributed by atoms with E-state index >= 15 is 0 Å². The second-order valence-corrected chi connectivity index (χ2v) is 5.59. The van der Waals surface area contributed by atoms with Crippen molar-refractivity contribution in [1.29, 1.82) is 0 Å². The van der Waals surface area contributed by atoms with Crippen molar-refractivity contribution < 1.29 is 5.11 Å². The molecule has 2 aliphatic rings. The largest absolute Gasteiger partial charge is 0.395 e. The third kappa shape index (κ3) is 3.43. The number of nitrogens with zero attached hydrogens (tertiary/aromatic N) is 2. The van der Waals surface area contributed by atoms with E-state index in [1.807, 2.05) is 0 Å². The molecule has 0 bridgehead atoms. The first-order chi connectivity index (χ1) is 8.35. The summed E-state index contributed by atoms with van der Waals surface area (Å²) in [5.41, 5.74) is 0. The zero-order valence-corrected chi connectivity index (χ0v) is 11.3. The van der Waals surface area contributed by atoms with E-state index in [-0.39, 0.29) is 0 Å². The molecule has 0 radical (unpaired) electrons. The summed E-state index contributed by atoms with van der Waals surface area (Å²) in [4.78, 5) is 5.12. The summed E-state index contributed by atoms with van der Waals surface area (Å²) in [5.74, 6) is 0.908. The summed E-state index contributed by atoms with van der Waals surface area (Å²) in [6, 6.07) is 0.852.